The second-order valence-corrected chi connectivity index (χ2v) is 9.29. The number of hydrogen-bond acceptors (Lipinski definition) is 3. The minimum absolute atomic E-state index is 0.200. The van der Waals surface area contributed by atoms with E-state index in [1.807, 2.05) is 38.1 Å². The molecule has 0 heterocycles. The van der Waals surface area contributed by atoms with E-state index in [1.54, 1.807) is 23.9 Å². The standard InChI is InChI=1S/C16H17Cl2NO2S2/c1-16(2,11-22-14-7-3-12(17)4-8-14)19-23(20,21)15-9-5-13(18)6-10-15/h3-10,19H,11H2,1-2H3. The molecule has 124 valence electrons. The van der Waals surface area contributed by atoms with Crippen LogP contribution in [0.2, 0.25) is 10.0 Å². The van der Waals surface area contributed by atoms with Gasteiger partial charge in [0.25, 0.3) is 0 Å². The molecule has 0 bridgehead atoms. The fourth-order valence-corrected chi connectivity index (χ4v) is 4.54. The summed E-state index contributed by atoms with van der Waals surface area (Å²) in [5.41, 5.74) is -0.608. The van der Waals surface area contributed by atoms with Gasteiger partial charge in [-0.3, -0.25) is 0 Å². The molecule has 7 heteroatoms. The maximum absolute atomic E-state index is 12.4. The zero-order valence-electron chi connectivity index (χ0n) is 12.7. The van der Waals surface area contributed by atoms with E-state index in [9.17, 15) is 8.42 Å². The Morgan fingerprint density at radius 3 is 1.96 bits per heavy atom. The van der Waals surface area contributed by atoms with E-state index in [0.29, 0.717) is 15.8 Å². The minimum atomic E-state index is -3.59. The monoisotopic (exact) mass is 389 g/mol. The van der Waals surface area contributed by atoms with E-state index in [0.717, 1.165) is 4.90 Å². The fraction of sp³-hybridized carbons (Fsp3) is 0.250. The smallest absolute Gasteiger partial charge is 0.207 e. The lowest BCUT2D eigenvalue weighted by atomic mass is 10.1. The molecule has 0 aromatic heterocycles. The Morgan fingerprint density at radius 1 is 0.957 bits per heavy atom. The Balaban J connectivity index is 2.04. The van der Waals surface area contributed by atoms with Gasteiger partial charge in [0.2, 0.25) is 10.0 Å². The fourth-order valence-electron chi connectivity index (χ4n) is 1.86. The van der Waals surface area contributed by atoms with Gasteiger partial charge in [-0.25, -0.2) is 13.1 Å². The average molecular weight is 390 g/mol. The number of halogens is 2. The first-order valence-electron chi connectivity index (χ1n) is 6.86. The van der Waals surface area contributed by atoms with Crippen LogP contribution in [-0.2, 0) is 10.0 Å². The van der Waals surface area contributed by atoms with Gasteiger partial charge < -0.3 is 0 Å². The van der Waals surface area contributed by atoms with Gasteiger partial charge in [0.1, 0.15) is 0 Å². The summed E-state index contributed by atoms with van der Waals surface area (Å²) < 4.78 is 27.6. The molecule has 0 saturated carbocycles. The number of benzene rings is 2. The highest BCUT2D eigenvalue weighted by atomic mass is 35.5. The van der Waals surface area contributed by atoms with E-state index >= 15 is 0 Å². The Bertz CT molecular complexity index is 758. The summed E-state index contributed by atoms with van der Waals surface area (Å²) in [6.07, 6.45) is 0. The molecule has 2 rings (SSSR count). The molecule has 0 atom stereocenters. The Kier molecular flexibility index (Phi) is 6.03. The molecule has 23 heavy (non-hydrogen) atoms. The van der Waals surface area contributed by atoms with E-state index < -0.39 is 15.6 Å². The maximum Gasteiger partial charge on any atom is 0.241 e. The zero-order valence-corrected chi connectivity index (χ0v) is 15.9. The van der Waals surface area contributed by atoms with Gasteiger partial charge >= 0.3 is 0 Å². The third kappa shape index (κ3) is 5.69. The van der Waals surface area contributed by atoms with Crippen molar-refractivity contribution < 1.29 is 8.42 Å². The van der Waals surface area contributed by atoms with Crippen LogP contribution in [0.3, 0.4) is 0 Å². The lowest BCUT2D eigenvalue weighted by Gasteiger charge is -2.25. The van der Waals surface area contributed by atoms with Crippen molar-refractivity contribution in [3.63, 3.8) is 0 Å². The number of thioether (sulfide) groups is 1. The molecule has 0 unspecified atom stereocenters. The van der Waals surface area contributed by atoms with Crippen LogP contribution in [0.4, 0.5) is 0 Å². The van der Waals surface area contributed by atoms with Crippen molar-refractivity contribution >= 4 is 45.0 Å². The normalized spacial score (nSPS) is 12.3. The molecular formula is C16H17Cl2NO2S2. The molecular weight excluding hydrogens is 373 g/mol. The van der Waals surface area contributed by atoms with Crippen LogP contribution in [0.1, 0.15) is 13.8 Å². The van der Waals surface area contributed by atoms with E-state index in [4.69, 9.17) is 23.2 Å². The van der Waals surface area contributed by atoms with Crippen LogP contribution >= 0.6 is 35.0 Å². The molecule has 1 N–H and O–H groups in total. The molecule has 0 spiro atoms. The highest BCUT2D eigenvalue weighted by Gasteiger charge is 2.26. The number of rotatable bonds is 6. The van der Waals surface area contributed by atoms with Crippen LogP contribution in [0.15, 0.2) is 58.3 Å². The summed E-state index contributed by atoms with van der Waals surface area (Å²) in [6, 6.07) is 13.6. The van der Waals surface area contributed by atoms with Gasteiger partial charge in [0, 0.05) is 26.2 Å². The predicted molar refractivity (Wildman–Crippen MR) is 98.0 cm³/mol. The van der Waals surface area contributed by atoms with E-state index in [1.165, 1.54) is 12.1 Å². The highest BCUT2D eigenvalue weighted by molar-refractivity contribution is 7.99. The molecule has 0 saturated heterocycles. The summed E-state index contributed by atoms with van der Waals surface area (Å²) in [7, 11) is -3.59. The topological polar surface area (TPSA) is 46.2 Å². The summed E-state index contributed by atoms with van der Waals surface area (Å²) in [6.45, 7) is 3.70. The molecule has 0 aliphatic heterocycles. The van der Waals surface area contributed by atoms with Gasteiger partial charge in [0.05, 0.1) is 4.90 Å². The Hall–Kier alpha value is -0.720. The number of nitrogens with one attached hydrogen (secondary N) is 1. The van der Waals surface area contributed by atoms with Crippen molar-refractivity contribution in [2.45, 2.75) is 29.2 Å². The molecule has 0 aliphatic carbocycles. The van der Waals surface area contributed by atoms with Crippen LogP contribution in [0, 0.1) is 0 Å². The molecule has 3 nitrogen and oxygen atoms in total. The summed E-state index contributed by atoms with van der Waals surface area (Å²) >= 11 is 13.2. The van der Waals surface area contributed by atoms with Gasteiger partial charge in [0.15, 0.2) is 0 Å². The van der Waals surface area contributed by atoms with Crippen molar-refractivity contribution in [1.29, 1.82) is 0 Å². The summed E-state index contributed by atoms with van der Waals surface area (Å²) in [5.74, 6) is 0.585. The molecule has 0 radical (unpaired) electrons. The van der Waals surface area contributed by atoms with Crippen LogP contribution in [-0.4, -0.2) is 19.7 Å². The predicted octanol–water partition coefficient (Wildman–Crippen LogP) is 4.84. The van der Waals surface area contributed by atoms with Crippen LogP contribution in [0.25, 0.3) is 0 Å². The Morgan fingerprint density at radius 2 is 1.43 bits per heavy atom. The van der Waals surface area contributed by atoms with Crippen molar-refractivity contribution in [2.24, 2.45) is 0 Å². The molecule has 2 aromatic carbocycles. The quantitative estimate of drug-likeness (QED) is 0.718. The molecule has 0 fully saturated rings. The van der Waals surface area contributed by atoms with Gasteiger partial charge in [-0.1, -0.05) is 23.2 Å². The van der Waals surface area contributed by atoms with Crippen LogP contribution in [0.5, 0.6) is 0 Å². The first-order chi connectivity index (χ1) is 10.7. The lowest BCUT2D eigenvalue weighted by molar-refractivity contribution is 0.498. The van der Waals surface area contributed by atoms with Crippen molar-refractivity contribution in [3.8, 4) is 0 Å². The highest BCUT2D eigenvalue weighted by Crippen LogP contribution is 2.25. The summed E-state index contributed by atoms with van der Waals surface area (Å²) in [4.78, 5) is 1.24. The number of hydrogen-bond donors (Lipinski definition) is 1. The molecule has 2 aromatic rings. The second kappa shape index (κ2) is 7.45. The van der Waals surface area contributed by atoms with Crippen LogP contribution < -0.4 is 4.72 Å². The maximum atomic E-state index is 12.4. The van der Waals surface area contributed by atoms with E-state index in [-0.39, 0.29) is 4.90 Å². The van der Waals surface area contributed by atoms with E-state index in [2.05, 4.69) is 4.72 Å². The largest absolute Gasteiger partial charge is 0.241 e. The second-order valence-electron chi connectivity index (χ2n) is 5.69. The van der Waals surface area contributed by atoms with Crippen molar-refractivity contribution in [3.05, 3.63) is 58.6 Å². The zero-order chi connectivity index (χ0) is 17.1. The summed E-state index contributed by atoms with van der Waals surface area (Å²) in [5, 5.41) is 1.18. The molecule has 0 aliphatic rings. The average Bonchev–Trinajstić information content (AvgIpc) is 2.46. The lowest BCUT2D eigenvalue weighted by Crippen LogP contribution is -2.45. The third-order valence-corrected chi connectivity index (χ3v) is 6.64. The molecule has 0 amide bonds. The number of sulfonamides is 1. The first-order valence-corrected chi connectivity index (χ1v) is 10.1. The van der Waals surface area contributed by atoms with Gasteiger partial charge in [-0.15, -0.1) is 11.8 Å². The van der Waals surface area contributed by atoms with Crippen molar-refractivity contribution in [1.82, 2.24) is 4.72 Å². The van der Waals surface area contributed by atoms with Gasteiger partial charge in [-0.05, 0) is 62.4 Å². The van der Waals surface area contributed by atoms with Gasteiger partial charge in [-0.2, -0.15) is 0 Å². The first kappa shape index (κ1) is 18.6. The third-order valence-electron chi connectivity index (χ3n) is 2.95. The van der Waals surface area contributed by atoms with Crippen molar-refractivity contribution in [2.75, 3.05) is 5.75 Å². The SMILES string of the molecule is CC(C)(CSc1ccc(Cl)cc1)NS(=O)(=O)c1ccc(Cl)cc1. The minimum Gasteiger partial charge on any atom is -0.207 e. The Labute approximate surface area is 151 Å².